The fourth-order valence-electron chi connectivity index (χ4n) is 1.72. The van der Waals surface area contributed by atoms with Gasteiger partial charge < -0.3 is 14.9 Å². The molecule has 0 saturated heterocycles. The van der Waals surface area contributed by atoms with Gasteiger partial charge in [0.1, 0.15) is 17.1 Å². The van der Waals surface area contributed by atoms with E-state index in [1.807, 2.05) is 0 Å². The third-order valence-electron chi connectivity index (χ3n) is 2.78. The van der Waals surface area contributed by atoms with E-state index in [4.69, 9.17) is 4.74 Å². The number of carbonyl (C=O) groups is 1. The molecule has 0 amide bonds. The minimum absolute atomic E-state index is 0.105. The zero-order valence-corrected chi connectivity index (χ0v) is 9.73. The van der Waals surface area contributed by atoms with Gasteiger partial charge in [-0.05, 0) is 26.0 Å². The van der Waals surface area contributed by atoms with E-state index < -0.39 is 5.60 Å². The standard InChI is InChI=1S/C13H14O4/c1-8(15)10-5-9-3-4-13(2,7-14)17-12(9)6-11(10)16/h3-6,14,16H,7H2,1-2H3/t13-/m0/s1. The van der Waals surface area contributed by atoms with Gasteiger partial charge in [-0.2, -0.15) is 0 Å². The first kappa shape index (κ1) is 11.7. The summed E-state index contributed by atoms with van der Waals surface area (Å²) in [4.78, 5) is 11.3. The Kier molecular flexibility index (Phi) is 2.67. The summed E-state index contributed by atoms with van der Waals surface area (Å²) < 4.78 is 5.58. The number of phenols is 1. The molecule has 0 fully saturated rings. The highest BCUT2D eigenvalue weighted by atomic mass is 16.5. The Hall–Kier alpha value is -1.81. The monoisotopic (exact) mass is 234 g/mol. The number of benzene rings is 1. The number of rotatable bonds is 2. The van der Waals surface area contributed by atoms with E-state index in [1.54, 1.807) is 25.1 Å². The summed E-state index contributed by atoms with van der Waals surface area (Å²) in [5, 5.41) is 18.9. The largest absolute Gasteiger partial charge is 0.507 e. The molecule has 1 aromatic rings. The summed E-state index contributed by atoms with van der Waals surface area (Å²) >= 11 is 0. The smallest absolute Gasteiger partial charge is 0.163 e. The normalized spacial score (nSPS) is 21.8. The predicted octanol–water partition coefficient (Wildman–Crippen LogP) is 1.75. The quantitative estimate of drug-likeness (QED) is 0.765. The van der Waals surface area contributed by atoms with Crippen molar-refractivity contribution in [1.82, 2.24) is 0 Å². The van der Waals surface area contributed by atoms with Crippen LogP contribution in [-0.2, 0) is 0 Å². The maximum atomic E-state index is 11.3. The SMILES string of the molecule is CC(=O)c1cc2c(cc1O)O[C@](C)(CO)C=C2. The van der Waals surface area contributed by atoms with Gasteiger partial charge >= 0.3 is 0 Å². The van der Waals surface area contributed by atoms with Crippen molar-refractivity contribution in [3.8, 4) is 11.5 Å². The Morgan fingerprint density at radius 3 is 2.76 bits per heavy atom. The lowest BCUT2D eigenvalue weighted by Crippen LogP contribution is -2.35. The summed E-state index contributed by atoms with van der Waals surface area (Å²) in [7, 11) is 0. The van der Waals surface area contributed by atoms with Gasteiger partial charge in [0.2, 0.25) is 0 Å². The average molecular weight is 234 g/mol. The van der Waals surface area contributed by atoms with Gasteiger partial charge in [0, 0.05) is 11.6 Å². The number of Topliss-reactive ketones (excluding diaryl/α,β-unsaturated/α-hetero) is 1. The van der Waals surface area contributed by atoms with Crippen LogP contribution in [0, 0.1) is 0 Å². The zero-order chi connectivity index (χ0) is 12.6. The summed E-state index contributed by atoms with van der Waals surface area (Å²) in [5.74, 6) is 0.160. The Balaban J connectivity index is 2.49. The van der Waals surface area contributed by atoms with Crippen LogP contribution in [0.1, 0.15) is 29.8 Å². The number of ether oxygens (including phenoxy) is 1. The summed E-state index contributed by atoms with van der Waals surface area (Å²) in [6.45, 7) is 2.98. The van der Waals surface area contributed by atoms with Crippen molar-refractivity contribution < 1.29 is 19.7 Å². The third-order valence-corrected chi connectivity index (χ3v) is 2.78. The molecule has 0 aliphatic carbocycles. The molecule has 1 aliphatic heterocycles. The first-order valence-electron chi connectivity index (χ1n) is 5.32. The van der Waals surface area contributed by atoms with Gasteiger partial charge in [-0.1, -0.05) is 6.08 Å². The van der Waals surface area contributed by atoms with Crippen LogP contribution in [-0.4, -0.2) is 28.2 Å². The molecule has 1 atom stereocenters. The van der Waals surface area contributed by atoms with Crippen molar-refractivity contribution in [1.29, 1.82) is 0 Å². The van der Waals surface area contributed by atoms with Crippen LogP contribution in [0.2, 0.25) is 0 Å². The molecule has 1 aromatic carbocycles. The lowest BCUT2D eigenvalue weighted by Gasteiger charge is -2.30. The van der Waals surface area contributed by atoms with E-state index >= 15 is 0 Å². The topological polar surface area (TPSA) is 66.8 Å². The van der Waals surface area contributed by atoms with Crippen LogP contribution in [0.5, 0.6) is 11.5 Å². The Labute approximate surface area is 99.2 Å². The Morgan fingerprint density at radius 2 is 2.18 bits per heavy atom. The molecule has 1 heterocycles. The number of aliphatic hydroxyl groups excluding tert-OH is 1. The molecule has 0 radical (unpaired) electrons. The van der Waals surface area contributed by atoms with E-state index in [-0.39, 0.29) is 23.7 Å². The average Bonchev–Trinajstić information content (AvgIpc) is 2.27. The van der Waals surface area contributed by atoms with E-state index in [0.29, 0.717) is 5.75 Å². The minimum Gasteiger partial charge on any atom is -0.507 e. The second-order valence-corrected chi connectivity index (χ2v) is 4.37. The number of carbonyl (C=O) groups excluding carboxylic acids is 1. The van der Waals surface area contributed by atoms with Crippen molar-refractivity contribution in [2.24, 2.45) is 0 Å². The van der Waals surface area contributed by atoms with Gasteiger partial charge in [-0.25, -0.2) is 0 Å². The van der Waals surface area contributed by atoms with Gasteiger partial charge in [-0.3, -0.25) is 4.79 Å². The Bertz CT molecular complexity index is 504. The highest BCUT2D eigenvalue weighted by Gasteiger charge is 2.27. The minimum atomic E-state index is -0.781. The molecule has 4 heteroatoms. The molecular weight excluding hydrogens is 220 g/mol. The van der Waals surface area contributed by atoms with Gasteiger partial charge in [0.15, 0.2) is 5.78 Å². The van der Waals surface area contributed by atoms with Gasteiger partial charge in [-0.15, -0.1) is 0 Å². The van der Waals surface area contributed by atoms with Crippen molar-refractivity contribution in [2.75, 3.05) is 6.61 Å². The molecule has 0 bridgehead atoms. The van der Waals surface area contributed by atoms with Gasteiger partial charge in [0.25, 0.3) is 0 Å². The van der Waals surface area contributed by atoms with E-state index in [2.05, 4.69) is 0 Å². The molecule has 2 N–H and O–H groups in total. The number of fused-ring (bicyclic) bond motifs is 1. The molecule has 4 nitrogen and oxygen atoms in total. The molecule has 1 aliphatic rings. The molecule has 17 heavy (non-hydrogen) atoms. The van der Waals surface area contributed by atoms with Crippen molar-refractivity contribution in [3.63, 3.8) is 0 Å². The first-order valence-corrected chi connectivity index (χ1v) is 5.32. The number of aromatic hydroxyl groups is 1. The lowest BCUT2D eigenvalue weighted by molar-refractivity contribution is 0.0638. The van der Waals surface area contributed by atoms with E-state index in [1.165, 1.54) is 13.0 Å². The summed E-state index contributed by atoms with van der Waals surface area (Å²) in [6, 6.07) is 2.99. The highest BCUT2D eigenvalue weighted by molar-refractivity contribution is 5.97. The van der Waals surface area contributed by atoms with Crippen LogP contribution in [0.15, 0.2) is 18.2 Å². The lowest BCUT2D eigenvalue weighted by atomic mass is 9.98. The van der Waals surface area contributed by atoms with Crippen LogP contribution < -0.4 is 4.74 Å². The molecule has 0 spiro atoms. The van der Waals surface area contributed by atoms with Crippen LogP contribution in [0.25, 0.3) is 6.08 Å². The Morgan fingerprint density at radius 1 is 1.47 bits per heavy atom. The fraction of sp³-hybridized carbons (Fsp3) is 0.308. The number of aliphatic hydroxyl groups is 1. The van der Waals surface area contributed by atoms with Crippen LogP contribution in [0.3, 0.4) is 0 Å². The van der Waals surface area contributed by atoms with Gasteiger partial charge in [0.05, 0.1) is 12.2 Å². The summed E-state index contributed by atoms with van der Waals surface area (Å²) in [5.41, 5.74) is 0.209. The van der Waals surface area contributed by atoms with Crippen molar-refractivity contribution in [2.45, 2.75) is 19.4 Å². The fourth-order valence-corrected chi connectivity index (χ4v) is 1.72. The number of hydrogen-bond acceptors (Lipinski definition) is 4. The first-order chi connectivity index (χ1) is 7.95. The van der Waals surface area contributed by atoms with Crippen LogP contribution in [0.4, 0.5) is 0 Å². The maximum Gasteiger partial charge on any atom is 0.163 e. The van der Waals surface area contributed by atoms with E-state index in [9.17, 15) is 15.0 Å². The highest BCUT2D eigenvalue weighted by Crippen LogP contribution is 2.35. The van der Waals surface area contributed by atoms with E-state index in [0.717, 1.165) is 5.56 Å². The maximum absolute atomic E-state index is 11.3. The summed E-state index contributed by atoms with van der Waals surface area (Å²) in [6.07, 6.45) is 3.51. The molecule has 2 rings (SSSR count). The predicted molar refractivity (Wildman–Crippen MR) is 63.3 cm³/mol. The van der Waals surface area contributed by atoms with Crippen LogP contribution >= 0.6 is 0 Å². The molecule has 0 aromatic heterocycles. The third kappa shape index (κ3) is 2.03. The second-order valence-electron chi connectivity index (χ2n) is 4.37. The van der Waals surface area contributed by atoms with Crippen molar-refractivity contribution in [3.05, 3.63) is 29.3 Å². The zero-order valence-electron chi connectivity index (χ0n) is 9.73. The number of hydrogen-bond donors (Lipinski definition) is 2. The molecule has 0 saturated carbocycles. The number of phenolic OH excluding ortho intramolecular Hbond substituents is 1. The number of ketones is 1. The second kappa shape index (κ2) is 3.89. The molecule has 0 unspecified atom stereocenters. The molecular formula is C13H14O4. The molecule has 90 valence electrons. The van der Waals surface area contributed by atoms with Crippen molar-refractivity contribution >= 4 is 11.9 Å².